The van der Waals surface area contributed by atoms with Crippen LogP contribution in [-0.2, 0) is 11.2 Å². The van der Waals surface area contributed by atoms with Gasteiger partial charge in [0.2, 0.25) is 5.91 Å². The maximum absolute atomic E-state index is 12.6. The number of hydrogen-bond donors (Lipinski definition) is 1. The van der Waals surface area contributed by atoms with Crippen molar-refractivity contribution in [2.75, 3.05) is 21.3 Å². The fraction of sp³-hybridized carbons (Fsp3) is 0.458. The van der Waals surface area contributed by atoms with Gasteiger partial charge in [-0.1, -0.05) is 12.1 Å². The molecule has 0 saturated heterocycles. The fourth-order valence-corrected chi connectivity index (χ4v) is 3.79. The molecule has 1 aliphatic rings. The van der Waals surface area contributed by atoms with Crippen molar-refractivity contribution in [2.45, 2.75) is 51.2 Å². The van der Waals surface area contributed by atoms with Crippen molar-refractivity contribution in [3.63, 3.8) is 0 Å². The lowest BCUT2D eigenvalue weighted by atomic mass is 10.1. The molecule has 1 N–H and O–H groups in total. The van der Waals surface area contributed by atoms with E-state index in [1.54, 1.807) is 27.4 Å². The number of amides is 1. The second kappa shape index (κ2) is 10.2. The predicted octanol–water partition coefficient (Wildman–Crippen LogP) is 4.45. The van der Waals surface area contributed by atoms with Gasteiger partial charge >= 0.3 is 0 Å². The van der Waals surface area contributed by atoms with Crippen molar-refractivity contribution in [3.05, 3.63) is 47.5 Å². The highest BCUT2D eigenvalue weighted by Crippen LogP contribution is 2.34. The summed E-state index contributed by atoms with van der Waals surface area (Å²) < 4.78 is 22.2. The molecule has 3 rings (SSSR count). The third kappa shape index (κ3) is 5.38. The number of ether oxygens (including phenoxy) is 4. The molecule has 6 heteroatoms. The molecule has 30 heavy (non-hydrogen) atoms. The molecule has 0 unspecified atom stereocenters. The van der Waals surface area contributed by atoms with Gasteiger partial charge in [0.25, 0.3) is 0 Å². The lowest BCUT2D eigenvalue weighted by molar-refractivity contribution is -0.121. The van der Waals surface area contributed by atoms with E-state index in [2.05, 4.69) is 5.32 Å². The highest BCUT2D eigenvalue weighted by atomic mass is 16.5. The summed E-state index contributed by atoms with van der Waals surface area (Å²) >= 11 is 0. The molecule has 1 aliphatic carbocycles. The van der Waals surface area contributed by atoms with Crippen LogP contribution in [0.4, 0.5) is 0 Å². The second-order valence-corrected chi connectivity index (χ2v) is 7.59. The van der Waals surface area contributed by atoms with E-state index in [-0.39, 0.29) is 24.5 Å². The van der Waals surface area contributed by atoms with Gasteiger partial charge in [0, 0.05) is 0 Å². The van der Waals surface area contributed by atoms with Crippen LogP contribution in [0.25, 0.3) is 0 Å². The molecule has 2 aromatic rings. The molecule has 1 amide bonds. The van der Waals surface area contributed by atoms with E-state index in [4.69, 9.17) is 18.9 Å². The molecule has 0 heterocycles. The van der Waals surface area contributed by atoms with Gasteiger partial charge in [-0.05, 0) is 68.0 Å². The highest BCUT2D eigenvalue weighted by molar-refractivity contribution is 5.79. The first kappa shape index (κ1) is 21.8. The van der Waals surface area contributed by atoms with Gasteiger partial charge in [0.1, 0.15) is 0 Å². The number of hydrogen-bond acceptors (Lipinski definition) is 5. The number of methoxy groups -OCH3 is 3. The highest BCUT2D eigenvalue weighted by Gasteiger charge is 2.19. The smallest absolute Gasteiger partial charge is 0.224 e. The van der Waals surface area contributed by atoms with Crippen LogP contribution in [0.3, 0.4) is 0 Å². The summed E-state index contributed by atoms with van der Waals surface area (Å²) in [6.45, 7) is 1.96. The molecule has 6 nitrogen and oxygen atoms in total. The third-order valence-electron chi connectivity index (χ3n) is 5.47. The average molecular weight is 414 g/mol. The molecule has 2 aromatic carbocycles. The van der Waals surface area contributed by atoms with Crippen LogP contribution in [0.15, 0.2) is 36.4 Å². The van der Waals surface area contributed by atoms with Crippen molar-refractivity contribution < 1.29 is 23.7 Å². The predicted molar refractivity (Wildman–Crippen MR) is 116 cm³/mol. The number of nitrogens with one attached hydrogen (secondary N) is 1. The maximum Gasteiger partial charge on any atom is 0.224 e. The van der Waals surface area contributed by atoms with Gasteiger partial charge in [-0.15, -0.1) is 0 Å². The van der Waals surface area contributed by atoms with Gasteiger partial charge in [0.15, 0.2) is 23.0 Å². The third-order valence-corrected chi connectivity index (χ3v) is 5.47. The van der Waals surface area contributed by atoms with Crippen molar-refractivity contribution in [1.29, 1.82) is 0 Å². The Kier molecular flexibility index (Phi) is 7.44. The van der Waals surface area contributed by atoms with Crippen molar-refractivity contribution in [2.24, 2.45) is 0 Å². The number of carbonyl (C=O) groups excluding carboxylic acids is 1. The number of benzene rings is 2. The van der Waals surface area contributed by atoms with Gasteiger partial charge < -0.3 is 24.3 Å². The summed E-state index contributed by atoms with van der Waals surface area (Å²) in [7, 11) is 4.81. The van der Waals surface area contributed by atoms with E-state index >= 15 is 0 Å². The Morgan fingerprint density at radius 2 is 1.57 bits per heavy atom. The number of rotatable bonds is 9. The molecule has 1 fully saturated rings. The van der Waals surface area contributed by atoms with Crippen LogP contribution in [0.1, 0.15) is 49.8 Å². The lowest BCUT2D eigenvalue weighted by Crippen LogP contribution is -2.28. The van der Waals surface area contributed by atoms with Crippen molar-refractivity contribution >= 4 is 5.91 Å². The summed E-state index contributed by atoms with van der Waals surface area (Å²) in [5.74, 6) is 2.64. The molecular weight excluding hydrogens is 382 g/mol. The average Bonchev–Trinajstić information content (AvgIpc) is 3.26. The molecule has 162 valence electrons. The molecule has 0 radical (unpaired) electrons. The van der Waals surface area contributed by atoms with E-state index in [1.807, 2.05) is 37.3 Å². The Morgan fingerprint density at radius 3 is 2.23 bits per heavy atom. The van der Waals surface area contributed by atoms with E-state index < -0.39 is 0 Å². The van der Waals surface area contributed by atoms with Crippen LogP contribution in [0, 0.1) is 0 Å². The second-order valence-electron chi connectivity index (χ2n) is 7.59. The molecule has 0 spiro atoms. The lowest BCUT2D eigenvalue weighted by Gasteiger charge is -2.19. The normalized spacial score (nSPS) is 14.8. The maximum atomic E-state index is 12.6. The van der Waals surface area contributed by atoms with Crippen LogP contribution >= 0.6 is 0 Å². The molecule has 0 aliphatic heterocycles. The SMILES string of the molecule is COc1ccc(CC(=O)N[C@H](C)c2ccc(OC3CCCC3)c(OC)c2)cc1OC. The minimum atomic E-state index is -0.160. The van der Waals surface area contributed by atoms with Crippen molar-refractivity contribution in [3.8, 4) is 23.0 Å². The van der Waals surface area contributed by atoms with Crippen LogP contribution in [-0.4, -0.2) is 33.3 Å². The summed E-state index contributed by atoms with van der Waals surface area (Å²) in [6.07, 6.45) is 5.14. The first-order valence-corrected chi connectivity index (χ1v) is 10.4. The zero-order valence-corrected chi connectivity index (χ0v) is 18.2. The minimum absolute atomic E-state index is 0.0695. The molecule has 1 saturated carbocycles. The van der Waals surface area contributed by atoms with E-state index in [1.165, 1.54) is 12.8 Å². The summed E-state index contributed by atoms with van der Waals surface area (Å²) in [5.41, 5.74) is 1.82. The van der Waals surface area contributed by atoms with Gasteiger partial charge in [-0.2, -0.15) is 0 Å². The monoisotopic (exact) mass is 413 g/mol. The first-order chi connectivity index (χ1) is 14.5. The van der Waals surface area contributed by atoms with E-state index in [0.717, 1.165) is 29.7 Å². The molecular formula is C24H31NO5. The standard InChI is InChI=1S/C24H31NO5/c1-16(25-24(26)14-17-9-11-20(27-2)22(13-17)28-3)18-10-12-21(23(15-18)29-4)30-19-7-5-6-8-19/h9-13,15-16,19H,5-8,14H2,1-4H3,(H,25,26)/t16-/m1/s1. The zero-order valence-electron chi connectivity index (χ0n) is 18.2. The Morgan fingerprint density at radius 1 is 0.933 bits per heavy atom. The Hall–Kier alpha value is -2.89. The molecule has 0 aromatic heterocycles. The first-order valence-electron chi connectivity index (χ1n) is 10.4. The summed E-state index contributed by atoms with van der Waals surface area (Å²) in [5, 5.41) is 3.05. The van der Waals surface area contributed by atoms with Crippen LogP contribution < -0.4 is 24.3 Å². The summed E-state index contributed by atoms with van der Waals surface area (Å²) in [4.78, 5) is 12.6. The Balaban J connectivity index is 1.63. The number of carbonyl (C=O) groups is 1. The quantitative estimate of drug-likeness (QED) is 0.658. The largest absolute Gasteiger partial charge is 0.493 e. The Labute approximate surface area is 178 Å². The van der Waals surface area contributed by atoms with Crippen LogP contribution in [0.2, 0.25) is 0 Å². The zero-order chi connectivity index (χ0) is 21.5. The van der Waals surface area contributed by atoms with Crippen molar-refractivity contribution in [1.82, 2.24) is 5.32 Å². The van der Waals surface area contributed by atoms with Gasteiger partial charge in [-0.3, -0.25) is 4.79 Å². The Bertz CT molecular complexity index is 861. The van der Waals surface area contributed by atoms with E-state index in [0.29, 0.717) is 17.2 Å². The fourth-order valence-electron chi connectivity index (χ4n) is 3.79. The van der Waals surface area contributed by atoms with Gasteiger partial charge in [0.05, 0.1) is 39.9 Å². The molecule has 0 bridgehead atoms. The topological polar surface area (TPSA) is 66.0 Å². The van der Waals surface area contributed by atoms with E-state index in [9.17, 15) is 4.79 Å². The van der Waals surface area contributed by atoms with Crippen LogP contribution in [0.5, 0.6) is 23.0 Å². The van der Waals surface area contributed by atoms with Gasteiger partial charge in [-0.25, -0.2) is 0 Å². The molecule has 1 atom stereocenters. The minimum Gasteiger partial charge on any atom is -0.493 e. The summed E-state index contributed by atoms with van der Waals surface area (Å²) in [6, 6.07) is 11.2.